The first-order valence-electron chi connectivity index (χ1n) is 5.54. The van der Waals surface area contributed by atoms with E-state index in [2.05, 4.69) is 4.72 Å². The van der Waals surface area contributed by atoms with Crippen LogP contribution in [0.4, 0.5) is 5.69 Å². The largest absolute Gasteiger partial charge is 0.506 e. The van der Waals surface area contributed by atoms with Crippen LogP contribution in [-0.2, 0) is 10.0 Å². The number of hydrogen-bond donors (Lipinski definition) is 2. The Morgan fingerprint density at radius 2 is 1.81 bits per heavy atom. The van der Waals surface area contributed by atoms with E-state index in [-0.39, 0.29) is 31.9 Å². The second-order valence-electron chi connectivity index (χ2n) is 4.03. The van der Waals surface area contributed by atoms with Crippen LogP contribution in [0.5, 0.6) is 5.75 Å². The Morgan fingerprint density at radius 1 is 1.10 bits per heavy atom. The lowest BCUT2D eigenvalue weighted by Crippen LogP contribution is -2.13. The molecule has 0 heterocycles. The van der Waals surface area contributed by atoms with Gasteiger partial charge in [-0.05, 0) is 36.4 Å². The van der Waals surface area contributed by atoms with E-state index in [1.54, 1.807) is 0 Å². The Labute approximate surface area is 131 Å². The quantitative estimate of drug-likeness (QED) is 0.836. The molecule has 0 bridgehead atoms. The summed E-state index contributed by atoms with van der Waals surface area (Å²) in [5.41, 5.74) is 0.435. The molecule has 0 aliphatic heterocycles. The molecule has 0 unspecified atom stereocenters. The first-order chi connectivity index (χ1) is 9.83. The minimum absolute atomic E-state index is 0.0149. The van der Waals surface area contributed by atoms with Gasteiger partial charge in [-0.1, -0.05) is 23.2 Å². The fourth-order valence-corrected chi connectivity index (χ4v) is 3.34. The molecule has 0 atom stereocenters. The maximum Gasteiger partial charge on any atom is 0.263 e. The first kappa shape index (κ1) is 15.4. The number of nitrogens with zero attached hydrogens (tertiary/aromatic N) is 1. The molecule has 0 radical (unpaired) electrons. The highest BCUT2D eigenvalue weighted by Gasteiger charge is 2.18. The average molecular weight is 343 g/mol. The standard InChI is InChI=1S/C13H8Cl2N2O3S/c14-10-6-9(2-3-12(10)18)17-21(19,20)13-4-1-8(7-16)5-11(13)15/h1-6,17-18H. The number of hydrogen-bond acceptors (Lipinski definition) is 4. The number of nitrogens with one attached hydrogen (secondary N) is 1. The zero-order valence-electron chi connectivity index (χ0n) is 10.3. The van der Waals surface area contributed by atoms with Crippen molar-refractivity contribution in [2.75, 3.05) is 4.72 Å². The molecule has 0 aliphatic rings. The highest BCUT2D eigenvalue weighted by atomic mass is 35.5. The van der Waals surface area contributed by atoms with E-state index in [4.69, 9.17) is 28.5 Å². The maximum absolute atomic E-state index is 12.2. The fourth-order valence-electron chi connectivity index (χ4n) is 1.57. The Balaban J connectivity index is 2.38. The summed E-state index contributed by atoms with van der Waals surface area (Å²) in [5, 5.41) is 18.0. The number of benzene rings is 2. The summed E-state index contributed by atoms with van der Waals surface area (Å²) >= 11 is 11.6. The van der Waals surface area contributed by atoms with Crippen LogP contribution in [0, 0.1) is 11.3 Å². The van der Waals surface area contributed by atoms with E-state index in [9.17, 15) is 13.5 Å². The summed E-state index contributed by atoms with van der Waals surface area (Å²) in [4.78, 5) is -0.160. The number of phenolic OH excluding ortho intramolecular Hbond substituents is 1. The Bertz CT molecular complexity index is 845. The van der Waals surface area contributed by atoms with Crippen molar-refractivity contribution >= 4 is 38.9 Å². The summed E-state index contributed by atoms with van der Waals surface area (Å²) in [6.45, 7) is 0. The third-order valence-electron chi connectivity index (χ3n) is 2.55. The summed E-state index contributed by atoms with van der Waals surface area (Å²) in [5.74, 6) is -0.156. The molecule has 2 rings (SSSR count). The first-order valence-corrected chi connectivity index (χ1v) is 7.78. The van der Waals surface area contributed by atoms with Crippen LogP contribution in [0.2, 0.25) is 10.0 Å². The van der Waals surface area contributed by atoms with Gasteiger partial charge >= 0.3 is 0 Å². The van der Waals surface area contributed by atoms with E-state index < -0.39 is 10.0 Å². The fraction of sp³-hybridized carbons (Fsp3) is 0. The van der Waals surface area contributed by atoms with Gasteiger partial charge in [0.15, 0.2) is 0 Å². The van der Waals surface area contributed by atoms with Crippen LogP contribution in [0.15, 0.2) is 41.3 Å². The second kappa shape index (κ2) is 5.82. The molecule has 21 heavy (non-hydrogen) atoms. The molecule has 0 aromatic heterocycles. The molecule has 0 saturated carbocycles. The molecule has 0 aliphatic carbocycles. The van der Waals surface area contributed by atoms with E-state index >= 15 is 0 Å². The molecule has 0 saturated heterocycles. The van der Waals surface area contributed by atoms with E-state index in [0.29, 0.717) is 0 Å². The van der Waals surface area contributed by atoms with Gasteiger partial charge in [0.25, 0.3) is 10.0 Å². The minimum atomic E-state index is -3.93. The van der Waals surface area contributed by atoms with Crippen molar-refractivity contribution in [1.29, 1.82) is 5.26 Å². The van der Waals surface area contributed by atoms with Gasteiger partial charge in [0.1, 0.15) is 10.6 Å². The van der Waals surface area contributed by atoms with Crippen LogP contribution in [0.3, 0.4) is 0 Å². The number of phenols is 1. The zero-order valence-corrected chi connectivity index (χ0v) is 12.7. The summed E-state index contributed by atoms with van der Waals surface area (Å²) in [6.07, 6.45) is 0. The van der Waals surface area contributed by atoms with Crippen LogP contribution in [0.25, 0.3) is 0 Å². The third-order valence-corrected chi connectivity index (χ3v) is 4.72. The van der Waals surface area contributed by atoms with Crippen molar-refractivity contribution in [3.05, 3.63) is 52.0 Å². The van der Waals surface area contributed by atoms with Crippen molar-refractivity contribution in [3.8, 4) is 11.8 Å². The van der Waals surface area contributed by atoms with Gasteiger partial charge in [0.05, 0.1) is 27.4 Å². The minimum Gasteiger partial charge on any atom is -0.506 e. The number of rotatable bonds is 3. The Hall–Kier alpha value is -1.94. The van der Waals surface area contributed by atoms with Crippen molar-refractivity contribution in [3.63, 3.8) is 0 Å². The molecule has 0 fully saturated rings. The topological polar surface area (TPSA) is 90.2 Å². The normalized spacial score (nSPS) is 10.9. The lowest BCUT2D eigenvalue weighted by molar-refractivity contribution is 0.475. The molecule has 5 nitrogen and oxygen atoms in total. The van der Waals surface area contributed by atoms with Crippen LogP contribution in [0.1, 0.15) is 5.56 Å². The number of anilines is 1. The molecular weight excluding hydrogens is 335 g/mol. The smallest absolute Gasteiger partial charge is 0.263 e. The van der Waals surface area contributed by atoms with Crippen molar-refractivity contribution in [1.82, 2.24) is 0 Å². The van der Waals surface area contributed by atoms with Crippen molar-refractivity contribution in [2.24, 2.45) is 0 Å². The molecule has 108 valence electrons. The second-order valence-corrected chi connectivity index (χ2v) is 6.49. The maximum atomic E-state index is 12.2. The van der Waals surface area contributed by atoms with Crippen LogP contribution >= 0.6 is 23.2 Å². The molecule has 0 spiro atoms. The van der Waals surface area contributed by atoms with Crippen LogP contribution < -0.4 is 4.72 Å². The molecule has 2 aromatic rings. The van der Waals surface area contributed by atoms with Gasteiger partial charge in [-0.2, -0.15) is 5.26 Å². The zero-order chi connectivity index (χ0) is 15.6. The summed E-state index contributed by atoms with van der Waals surface area (Å²) < 4.78 is 26.8. The van der Waals surface area contributed by atoms with Gasteiger partial charge < -0.3 is 5.11 Å². The number of nitriles is 1. The molecule has 8 heteroatoms. The number of halogens is 2. The monoisotopic (exact) mass is 342 g/mol. The van der Waals surface area contributed by atoms with Crippen LogP contribution in [-0.4, -0.2) is 13.5 Å². The predicted octanol–water partition coefficient (Wildman–Crippen LogP) is 3.37. The average Bonchev–Trinajstić information content (AvgIpc) is 2.42. The van der Waals surface area contributed by atoms with E-state index in [1.807, 2.05) is 6.07 Å². The molecule has 0 amide bonds. The van der Waals surface area contributed by atoms with Gasteiger partial charge in [0.2, 0.25) is 0 Å². The Morgan fingerprint density at radius 3 is 2.38 bits per heavy atom. The van der Waals surface area contributed by atoms with Crippen molar-refractivity contribution < 1.29 is 13.5 Å². The summed E-state index contributed by atoms with van der Waals surface area (Å²) in [6, 6.07) is 9.61. The van der Waals surface area contributed by atoms with E-state index in [0.717, 1.165) is 0 Å². The molecule has 2 N–H and O–H groups in total. The lowest BCUT2D eigenvalue weighted by atomic mass is 10.2. The number of aromatic hydroxyl groups is 1. The molecule has 2 aromatic carbocycles. The third kappa shape index (κ3) is 3.39. The van der Waals surface area contributed by atoms with Gasteiger partial charge in [-0.15, -0.1) is 0 Å². The van der Waals surface area contributed by atoms with Gasteiger partial charge in [-0.3, -0.25) is 4.72 Å². The molecular formula is C13H8Cl2N2O3S. The Kier molecular flexibility index (Phi) is 4.28. The van der Waals surface area contributed by atoms with Crippen molar-refractivity contribution in [2.45, 2.75) is 4.90 Å². The van der Waals surface area contributed by atoms with E-state index in [1.165, 1.54) is 36.4 Å². The SMILES string of the molecule is N#Cc1ccc(S(=O)(=O)Nc2ccc(O)c(Cl)c2)c(Cl)c1. The number of sulfonamides is 1. The highest BCUT2D eigenvalue weighted by molar-refractivity contribution is 7.92. The lowest BCUT2D eigenvalue weighted by Gasteiger charge is -2.10. The predicted molar refractivity (Wildman–Crippen MR) is 80.1 cm³/mol. The summed E-state index contributed by atoms with van der Waals surface area (Å²) in [7, 11) is -3.93. The van der Waals surface area contributed by atoms with Gasteiger partial charge in [0, 0.05) is 0 Å². The highest BCUT2D eigenvalue weighted by Crippen LogP contribution is 2.29. The van der Waals surface area contributed by atoms with Gasteiger partial charge in [-0.25, -0.2) is 8.42 Å².